The molecule has 7 nitrogen and oxygen atoms in total. The first-order valence-electron chi connectivity index (χ1n) is 5.28. The molecular weight excluding hydrogens is 260 g/mol. The Hall–Kier alpha value is -2.02. The van der Waals surface area contributed by atoms with Crippen molar-refractivity contribution in [3.05, 3.63) is 56.4 Å². The van der Waals surface area contributed by atoms with Crippen molar-refractivity contribution in [1.29, 1.82) is 0 Å². The van der Waals surface area contributed by atoms with Gasteiger partial charge < -0.3 is 15.4 Å². The second kappa shape index (κ2) is 5.09. The Bertz CT molecular complexity index is 506. The molecule has 1 saturated heterocycles. The van der Waals surface area contributed by atoms with E-state index in [-0.39, 0.29) is 5.15 Å². The standard InChI is InChI=1S/C10H11ClN4O3/c11-9-2-1-8(6-14(9)16)5-13-4-3-12-10(13)7-15(17)18/h1-2,6-7,12H,3-5H2/b10-7+. The van der Waals surface area contributed by atoms with E-state index in [1.165, 1.54) is 12.3 Å². The molecule has 1 aliphatic rings. The van der Waals surface area contributed by atoms with Crippen LogP contribution in [0.3, 0.4) is 0 Å². The summed E-state index contributed by atoms with van der Waals surface area (Å²) in [6.45, 7) is 1.72. The van der Waals surface area contributed by atoms with Crippen LogP contribution in [0.1, 0.15) is 5.56 Å². The summed E-state index contributed by atoms with van der Waals surface area (Å²) in [6, 6.07) is 3.23. The molecule has 0 saturated carbocycles. The molecule has 18 heavy (non-hydrogen) atoms. The van der Waals surface area contributed by atoms with Gasteiger partial charge in [0, 0.05) is 24.7 Å². The molecule has 0 bridgehead atoms. The lowest BCUT2D eigenvalue weighted by atomic mass is 10.2. The highest BCUT2D eigenvalue weighted by Crippen LogP contribution is 2.13. The van der Waals surface area contributed by atoms with E-state index < -0.39 is 4.92 Å². The maximum absolute atomic E-state index is 11.3. The molecule has 0 unspecified atom stereocenters. The van der Waals surface area contributed by atoms with Crippen molar-refractivity contribution in [2.24, 2.45) is 0 Å². The lowest BCUT2D eigenvalue weighted by molar-refractivity contribution is -0.603. The number of halogens is 1. The molecule has 0 radical (unpaired) electrons. The molecule has 1 aliphatic heterocycles. The normalized spacial score (nSPS) is 16.9. The van der Waals surface area contributed by atoms with E-state index in [0.717, 1.165) is 11.8 Å². The van der Waals surface area contributed by atoms with Crippen molar-refractivity contribution in [3.63, 3.8) is 0 Å². The third-order valence-corrected chi connectivity index (χ3v) is 2.85. The number of nitro groups is 1. The first-order valence-corrected chi connectivity index (χ1v) is 5.66. The fourth-order valence-corrected chi connectivity index (χ4v) is 1.87. The van der Waals surface area contributed by atoms with Crippen molar-refractivity contribution < 1.29 is 9.65 Å². The summed E-state index contributed by atoms with van der Waals surface area (Å²) < 4.78 is 0.567. The van der Waals surface area contributed by atoms with Gasteiger partial charge >= 0.3 is 0 Å². The van der Waals surface area contributed by atoms with Gasteiger partial charge in [0.15, 0.2) is 12.0 Å². The van der Waals surface area contributed by atoms with Crippen LogP contribution < -0.4 is 10.0 Å². The van der Waals surface area contributed by atoms with E-state index in [1.807, 2.05) is 0 Å². The van der Waals surface area contributed by atoms with Crippen LogP contribution in [0.4, 0.5) is 0 Å². The van der Waals surface area contributed by atoms with E-state index >= 15 is 0 Å². The topological polar surface area (TPSA) is 85.4 Å². The maximum Gasteiger partial charge on any atom is 0.286 e. The molecule has 2 heterocycles. The Morgan fingerprint density at radius 2 is 2.39 bits per heavy atom. The van der Waals surface area contributed by atoms with Crippen LogP contribution >= 0.6 is 11.6 Å². The molecule has 0 spiro atoms. The molecule has 0 amide bonds. The number of rotatable bonds is 3. The van der Waals surface area contributed by atoms with Gasteiger partial charge in [-0.3, -0.25) is 10.1 Å². The summed E-state index contributed by atoms with van der Waals surface area (Å²) in [5.74, 6) is 0.451. The van der Waals surface area contributed by atoms with E-state index in [0.29, 0.717) is 30.2 Å². The third kappa shape index (κ3) is 2.80. The first kappa shape index (κ1) is 12.4. The Labute approximate surface area is 108 Å². The van der Waals surface area contributed by atoms with E-state index in [4.69, 9.17) is 11.6 Å². The zero-order valence-corrected chi connectivity index (χ0v) is 10.1. The highest BCUT2D eigenvalue weighted by molar-refractivity contribution is 6.28. The predicted octanol–water partition coefficient (Wildman–Crippen LogP) is 0.454. The highest BCUT2D eigenvalue weighted by atomic mass is 35.5. The molecule has 1 N–H and O–H groups in total. The molecule has 1 aromatic rings. The molecule has 0 atom stereocenters. The number of hydrogen-bond donors (Lipinski definition) is 1. The molecule has 2 rings (SSSR count). The first-order chi connectivity index (χ1) is 8.56. The van der Waals surface area contributed by atoms with Crippen LogP contribution in [0.15, 0.2) is 30.4 Å². The summed E-state index contributed by atoms with van der Waals surface area (Å²) in [6.07, 6.45) is 2.29. The maximum atomic E-state index is 11.3. The number of nitrogens with zero attached hydrogens (tertiary/aromatic N) is 3. The molecule has 8 heteroatoms. The van der Waals surface area contributed by atoms with Crippen molar-refractivity contribution in [3.8, 4) is 0 Å². The zero-order chi connectivity index (χ0) is 13.1. The number of nitrogens with one attached hydrogen (secondary N) is 1. The second-order valence-electron chi connectivity index (χ2n) is 3.83. The smallest absolute Gasteiger partial charge is 0.286 e. The number of hydrogen-bond acceptors (Lipinski definition) is 5. The summed E-state index contributed by atoms with van der Waals surface area (Å²) in [5, 5.41) is 24.8. The summed E-state index contributed by atoms with van der Waals surface area (Å²) in [7, 11) is 0. The van der Waals surface area contributed by atoms with Crippen LogP contribution in [0.2, 0.25) is 5.15 Å². The van der Waals surface area contributed by atoms with Crippen LogP contribution in [0, 0.1) is 15.3 Å². The quantitative estimate of drug-likeness (QED) is 0.283. The van der Waals surface area contributed by atoms with E-state index in [9.17, 15) is 15.3 Å². The highest BCUT2D eigenvalue weighted by Gasteiger charge is 2.20. The van der Waals surface area contributed by atoms with Gasteiger partial charge in [0.25, 0.3) is 11.4 Å². The van der Waals surface area contributed by atoms with Gasteiger partial charge in [0.1, 0.15) is 0 Å². The van der Waals surface area contributed by atoms with Gasteiger partial charge in [-0.2, -0.15) is 4.73 Å². The SMILES string of the molecule is O=[N+]([O-])/C=C1\NCCN1Cc1ccc(Cl)[n+]([O-])c1. The largest absolute Gasteiger partial charge is 0.618 e. The summed E-state index contributed by atoms with van der Waals surface area (Å²) >= 11 is 5.62. The van der Waals surface area contributed by atoms with Crippen molar-refractivity contribution >= 4 is 11.6 Å². The van der Waals surface area contributed by atoms with E-state index in [1.54, 1.807) is 11.0 Å². The van der Waals surface area contributed by atoms with Gasteiger partial charge in [-0.1, -0.05) is 0 Å². The Balaban J connectivity index is 2.13. The van der Waals surface area contributed by atoms with Crippen LogP contribution in [0.5, 0.6) is 0 Å². The minimum Gasteiger partial charge on any atom is -0.618 e. The van der Waals surface area contributed by atoms with Crippen molar-refractivity contribution in [2.45, 2.75) is 6.54 Å². The Morgan fingerprint density at radius 3 is 3.06 bits per heavy atom. The molecule has 1 fully saturated rings. The number of aromatic nitrogens is 1. The third-order valence-electron chi connectivity index (χ3n) is 2.56. The average Bonchev–Trinajstić information content (AvgIpc) is 2.70. The lowest BCUT2D eigenvalue weighted by Crippen LogP contribution is -2.29. The summed E-state index contributed by atoms with van der Waals surface area (Å²) in [5.41, 5.74) is 0.743. The van der Waals surface area contributed by atoms with Gasteiger partial charge in [0.2, 0.25) is 0 Å². The molecule has 0 aromatic carbocycles. The van der Waals surface area contributed by atoms with Crippen LogP contribution in [-0.4, -0.2) is 22.9 Å². The predicted molar refractivity (Wildman–Crippen MR) is 63.9 cm³/mol. The van der Waals surface area contributed by atoms with Gasteiger partial charge in [-0.15, -0.1) is 0 Å². The summed E-state index contributed by atoms with van der Waals surface area (Å²) in [4.78, 5) is 11.7. The van der Waals surface area contributed by atoms with Crippen LogP contribution in [0.25, 0.3) is 0 Å². The van der Waals surface area contributed by atoms with Gasteiger partial charge in [-0.25, -0.2) is 0 Å². The lowest BCUT2D eigenvalue weighted by Gasteiger charge is -2.16. The average molecular weight is 271 g/mol. The molecule has 0 aliphatic carbocycles. The Kier molecular flexibility index (Phi) is 3.52. The monoisotopic (exact) mass is 270 g/mol. The fraction of sp³-hybridized carbons (Fsp3) is 0.300. The molecular formula is C10H11ClN4O3. The minimum atomic E-state index is -0.504. The van der Waals surface area contributed by atoms with Gasteiger partial charge in [-0.05, 0) is 17.7 Å². The second-order valence-corrected chi connectivity index (χ2v) is 4.22. The minimum absolute atomic E-state index is 0.0966. The molecule has 96 valence electrons. The zero-order valence-electron chi connectivity index (χ0n) is 9.38. The fourth-order valence-electron chi connectivity index (χ4n) is 1.76. The van der Waals surface area contributed by atoms with Crippen molar-refractivity contribution in [1.82, 2.24) is 10.2 Å². The van der Waals surface area contributed by atoms with E-state index in [2.05, 4.69) is 5.32 Å². The van der Waals surface area contributed by atoms with Crippen LogP contribution in [-0.2, 0) is 6.54 Å². The van der Waals surface area contributed by atoms with Crippen molar-refractivity contribution in [2.75, 3.05) is 13.1 Å². The number of pyridine rings is 1. The van der Waals surface area contributed by atoms with Gasteiger partial charge in [0.05, 0.1) is 11.5 Å². The Morgan fingerprint density at radius 1 is 1.61 bits per heavy atom. The molecule has 1 aromatic heterocycles.